The Morgan fingerprint density at radius 2 is 2.05 bits per heavy atom. The average molecular weight is 293 g/mol. The highest BCUT2D eigenvalue weighted by Crippen LogP contribution is 2.25. The summed E-state index contributed by atoms with van der Waals surface area (Å²) in [5, 5.41) is 4.95. The second-order valence-corrected chi connectivity index (χ2v) is 4.66. The molecule has 5 nitrogen and oxygen atoms in total. The number of rotatable bonds is 4. The second-order valence-electron chi connectivity index (χ2n) is 4.66. The maximum absolute atomic E-state index is 12.0. The first-order valence-corrected chi connectivity index (χ1v) is 7.02. The highest BCUT2D eigenvalue weighted by atomic mass is 16.5. The van der Waals surface area contributed by atoms with E-state index >= 15 is 0 Å². The fourth-order valence-electron chi connectivity index (χ4n) is 2.15. The van der Waals surface area contributed by atoms with E-state index in [4.69, 9.17) is 4.74 Å². The van der Waals surface area contributed by atoms with Crippen molar-refractivity contribution in [3.63, 3.8) is 0 Å². The van der Waals surface area contributed by atoms with Gasteiger partial charge in [-0.2, -0.15) is 0 Å². The number of nitrogens with zero attached hydrogens (tertiary/aromatic N) is 2. The number of aromatic nitrogens is 2. The molecule has 0 atom stereocenters. The molecule has 1 aromatic carbocycles. The largest absolute Gasteiger partial charge is 0.461 e. The van der Waals surface area contributed by atoms with Crippen molar-refractivity contribution in [2.24, 2.45) is 0 Å². The summed E-state index contributed by atoms with van der Waals surface area (Å²) in [6.45, 7) is 2.09. The van der Waals surface area contributed by atoms with Crippen molar-refractivity contribution in [3.8, 4) is 0 Å². The third-order valence-electron chi connectivity index (χ3n) is 3.16. The zero-order valence-corrected chi connectivity index (χ0v) is 12.1. The zero-order valence-electron chi connectivity index (χ0n) is 12.1. The van der Waals surface area contributed by atoms with Crippen LogP contribution in [0.3, 0.4) is 0 Å². The second kappa shape index (κ2) is 6.22. The Morgan fingerprint density at radius 3 is 2.82 bits per heavy atom. The average Bonchev–Trinajstić information content (AvgIpc) is 2.56. The van der Waals surface area contributed by atoms with Crippen molar-refractivity contribution >= 4 is 28.2 Å². The first kappa shape index (κ1) is 14.0. The van der Waals surface area contributed by atoms with Gasteiger partial charge in [0.05, 0.1) is 6.61 Å². The molecule has 3 aromatic rings. The Kier molecular flexibility index (Phi) is 3.96. The summed E-state index contributed by atoms with van der Waals surface area (Å²) in [4.78, 5) is 20.5. The van der Waals surface area contributed by atoms with Crippen LogP contribution in [-0.2, 0) is 4.74 Å². The normalized spacial score (nSPS) is 10.4. The van der Waals surface area contributed by atoms with Crippen LogP contribution in [0.2, 0.25) is 0 Å². The molecule has 3 rings (SSSR count). The summed E-state index contributed by atoms with van der Waals surface area (Å²) in [6.07, 6.45) is 3.41. The zero-order chi connectivity index (χ0) is 15.4. The van der Waals surface area contributed by atoms with Crippen LogP contribution in [0.4, 0.5) is 11.5 Å². The molecular weight excluding hydrogens is 278 g/mol. The van der Waals surface area contributed by atoms with Crippen LogP contribution in [0.1, 0.15) is 17.4 Å². The van der Waals surface area contributed by atoms with Gasteiger partial charge in [0.2, 0.25) is 0 Å². The lowest BCUT2D eigenvalue weighted by molar-refractivity contribution is 0.0520. The Labute approximate surface area is 128 Å². The van der Waals surface area contributed by atoms with Gasteiger partial charge in [0, 0.05) is 23.5 Å². The van der Waals surface area contributed by atoms with Crippen LogP contribution in [-0.4, -0.2) is 22.5 Å². The molecule has 2 heterocycles. The number of ether oxygens (including phenoxy) is 1. The van der Waals surface area contributed by atoms with Crippen molar-refractivity contribution in [2.75, 3.05) is 11.9 Å². The minimum absolute atomic E-state index is 0.277. The summed E-state index contributed by atoms with van der Waals surface area (Å²) in [6, 6.07) is 13.2. The van der Waals surface area contributed by atoms with Crippen LogP contribution in [0, 0.1) is 0 Å². The van der Waals surface area contributed by atoms with E-state index in [0.29, 0.717) is 12.4 Å². The van der Waals surface area contributed by atoms with Crippen molar-refractivity contribution < 1.29 is 9.53 Å². The van der Waals surface area contributed by atoms with Crippen molar-refractivity contribution in [3.05, 3.63) is 60.6 Å². The molecule has 1 N–H and O–H groups in total. The lowest BCUT2D eigenvalue weighted by atomic mass is 10.2. The van der Waals surface area contributed by atoms with Crippen LogP contribution in [0.25, 0.3) is 10.8 Å². The Hall–Kier alpha value is -2.95. The highest BCUT2D eigenvalue weighted by molar-refractivity contribution is 5.98. The Morgan fingerprint density at radius 1 is 1.23 bits per heavy atom. The van der Waals surface area contributed by atoms with Crippen molar-refractivity contribution in [1.29, 1.82) is 0 Å². The summed E-state index contributed by atoms with van der Waals surface area (Å²) < 4.78 is 5.04. The number of hydrogen-bond acceptors (Lipinski definition) is 5. The van der Waals surface area contributed by atoms with E-state index in [0.717, 1.165) is 16.5 Å². The van der Waals surface area contributed by atoms with Gasteiger partial charge >= 0.3 is 5.97 Å². The number of hydrogen-bond donors (Lipinski definition) is 1. The van der Waals surface area contributed by atoms with Crippen LogP contribution in [0.15, 0.2) is 54.9 Å². The van der Waals surface area contributed by atoms with Crippen LogP contribution in [0.5, 0.6) is 0 Å². The van der Waals surface area contributed by atoms with Gasteiger partial charge in [0.15, 0.2) is 5.69 Å². The number of pyridine rings is 2. The Bertz CT molecular complexity index is 803. The molecule has 2 aromatic heterocycles. The van der Waals surface area contributed by atoms with Gasteiger partial charge in [0.1, 0.15) is 5.82 Å². The summed E-state index contributed by atoms with van der Waals surface area (Å²) in [5.74, 6) is 0.150. The number of benzene rings is 1. The van der Waals surface area contributed by atoms with Gasteiger partial charge in [0.25, 0.3) is 0 Å². The summed E-state index contributed by atoms with van der Waals surface area (Å²) >= 11 is 0. The molecule has 0 radical (unpaired) electrons. The molecule has 0 bridgehead atoms. The van der Waals surface area contributed by atoms with Crippen molar-refractivity contribution in [2.45, 2.75) is 6.92 Å². The van der Waals surface area contributed by atoms with E-state index in [9.17, 15) is 4.79 Å². The van der Waals surface area contributed by atoms with E-state index < -0.39 is 5.97 Å². The van der Waals surface area contributed by atoms with E-state index in [1.54, 1.807) is 25.4 Å². The number of fused-ring (bicyclic) bond motifs is 1. The highest BCUT2D eigenvalue weighted by Gasteiger charge is 2.13. The molecule has 0 spiro atoms. The fourth-order valence-corrected chi connectivity index (χ4v) is 2.15. The SMILES string of the molecule is CCOC(=O)c1cc2ccncc2c(Nc2ccccc2)n1. The maximum atomic E-state index is 12.0. The molecule has 110 valence electrons. The molecule has 0 saturated carbocycles. The number of para-hydroxylation sites is 1. The monoisotopic (exact) mass is 293 g/mol. The van der Waals surface area contributed by atoms with E-state index in [1.807, 2.05) is 36.4 Å². The van der Waals surface area contributed by atoms with E-state index in [2.05, 4.69) is 15.3 Å². The molecule has 5 heteroatoms. The molecule has 0 aliphatic heterocycles. The Balaban J connectivity index is 2.08. The van der Waals surface area contributed by atoms with Crippen LogP contribution >= 0.6 is 0 Å². The lowest BCUT2D eigenvalue weighted by Crippen LogP contribution is -2.08. The quantitative estimate of drug-likeness (QED) is 0.745. The molecule has 22 heavy (non-hydrogen) atoms. The standard InChI is InChI=1S/C17H15N3O2/c1-2-22-17(21)15-10-12-8-9-18-11-14(12)16(20-15)19-13-6-4-3-5-7-13/h3-11H,2H2,1H3,(H,19,20). The predicted octanol–water partition coefficient (Wildman–Crippen LogP) is 3.55. The number of carbonyl (C=O) groups excluding carboxylic acids is 1. The summed E-state index contributed by atoms with van der Waals surface area (Å²) in [5.41, 5.74) is 1.17. The molecule has 0 fully saturated rings. The van der Waals surface area contributed by atoms with Gasteiger partial charge < -0.3 is 10.1 Å². The first-order valence-electron chi connectivity index (χ1n) is 7.02. The summed E-state index contributed by atoms with van der Waals surface area (Å²) in [7, 11) is 0. The topological polar surface area (TPSA) is 64.1 Å². The fraction of sp³-hybridized carbons (Fsp3) is 0.118. The molecular formula is C17H15N3O2. The number of nitrogens with one attached hydrogen (secondary N) is 1. The lowest BCUT2D eigenvalue weighted by Gasteiger charge is -2.10. The predicted molar refractivity (Wildman–Crippen MR) is 85.2 cm³/mol. The third-order valence-corrected chi connectivity index (χ3v) is 3.16. The molecule has 0 unspecified atom stereocenters. The van der Waals surface area contributed by atoms with Gasteiger partial charge in [-0.25, -0.2) is 9.78 Å². The number of esters is 1. The molecule has 0 amide bonds. The minimum Gasteiger partial charge on any atom is -0.461 e. The smallest absolute Gasteiger partial charge is 0.357 e. The molecule has 0 aliphatic rings. The van der Waals surface area contributed by atoms with E-state index in [-0.39, 0.29) is 5.69 Å². The van der Waals surface area contributed by atoms with E-state index in [1.165, 1.54) is 0 Å². The number of carbonyl (C=O) groups is 1. The minimum atomic E-state index is -0.433. The first-order chi connectivity index (χ1) is 10.8. The van der Waals surface area contributed by atoms with Gasteiger partial charge in [-0.15, -0.1) is 0 Å². The maximum Gasteiger partial charge on any atom is 0.357 e. The van der Waals surface area contributed by atoms with Gasteiger partial charge in [-0.05, 0) is 36.6 Å². The van der Waals surface area contributed by atoms with Crippen LogP contribution < -0.4 is 5.32 Å². The van der Waals surface area contributed by atoms with Gasteiger partial charge in [-0.3, -0.25) is 4.98 Å². The van der Waals surface area contributed by atoms with Crippen molar-refractivity contribution in [1.82, 2.24) is 9.97 Å². The third kappa shape index (κ3) is 2.88. The molecule has 0 saturated heterocycles. The number of anilines is 2. The van der Waals surface area contributed by atoms with Gasteiger partial charge in [-0.1, -0.05) is 18.2 Å². The molecule has 0 aliphatic carbocycles.